The summed E-state index contributed by atoms with van der Waals surface area (Å²) in [4.78, 5) is 12.6. The molecule has 0 aromatic heterocycles. The van der Waals surface area contributed by atoms with E-state index in [0.29, 0.717) is 36.0 Å². The predicted molar refractivity (Wildman–Crippen MR) is 96.3 cm³/mol. The van der Waals surface area contributed by atoms with Gasteiger partial charge in [-0.3, -0.25) is 4.79 Å². The van der Waals surface area contributed by atoms with Crippen LogP contribution >= 0.6 is 0 Å². The van der Waals surface area contributed by atoms with Gasteiger partial charge in [0.1, 0.15) is 11.5 Å². The first-order valence-corrected chi connectivity index (χ1v) is 9.75. The molecule has 0 aliphatic heterocycles. The number of hydrogen-bond donors (Lipinski definition) is 1. The minimum Gasteiger partial charge on any atom is -0.494 e. The van der Waals surface area contributed by atoms with E-state index in [1.807, 2.05) is 13.8 Å². The molecular formula is C18H21NO5S. The number of carbonyl (C=O) groups is 1. The fourth-order valence-corrected chi connectivity index (χ4v) is 2.82. The zero-order valence-corrected chi connectivity index (χ0v) is 15.2. The maximum atomic E-state index is 12.4. The first-order chi connectivity index (χ1) is 11.8. The standard InChI is InChI=1S/C18H21NO5S/c1-4-23-14-8-11-17(24-5-2)16(12-14)19-18(20)13-6-9-15(10-7-13)25(3,21)22/h6-12H,4-5H2,1-3H3,(H,19,20). The van der Waals surface area contributed by atoms with Gasteiger partial charge in [0, 0.05) is 17.9 Å². The van der Waals surface area contributed by atoms with Gasteiger partial charge >= 0.3 is 0 Å². The molecule has 1 amide bonds. The van der Waals surface area contributed by atoms with Gasteiger partial charge < -0.3 is 14.8 Å². The maximum Gasteiger partial charge on any atom is 0.255 e. The van der Waals surface area contributed by atoms with Crippen LogP contribution in [-0.2, 0) is 9.84 Å². The number of ether oxygens (including phenoxy) is 2. The van der Waals surface area contributed by atoms with E-state index in [4.69, 9.17) is 9.47 Å². The van der Waals surface area contributed by atoms with E-state index in [2.05, 4.69) is 5.32 Å². The van der Waals surface area contributed by atoms with Gasteiger partial charge in [0.05, 0.1) is 23.8 Å². The highest BCUT2D eigenvalue weighted by atomic mass is 32.2. The third kappa shape index (κ3) is 4.96. The highest BCUT2D eigenvalue weighted by Gasteiger charge is 2.13. The van der Waals surface area contributed by atoms with Crippen LogP contribution < -0.4 is 14.8 Å². The fraction of sp³-hybridized carbons (Fsp3) is 0.278. The Morgan fingerprint density at radius 1 is 1.00 bits per heavy atom. The lowest BCUT2D eigenvalue weighted by Gasteiger charge is -2.13. The molecule has 0 atom stereocenters. The van der Waals surface area contributed by atoms with Crippen molar-refractivity contribution in [3.63, 3.8) is 0 Å². The van der Waals surface area contributed by atoms with Crippen LogP contribution in [0.5, 0.6) is 11.5 Å². The number of carbonyl (C=O) groups excluding carboxylic acids is 1. The van der Waals surface area contributed by atoms with Crippen molar-refractivity contribution in [2.45, 2.75) is 18.7 Å². The molecule has 25 heavy (non-hydrogen) atoms. The molecule has 0 fully saturated rings. The Labute approximate surface area is 147 Å². The number of amides is 1. The molecule has 2 rings (SSSR count). The van der Waals surface area contributed by atoms with E-state index >= 15 is 0 Å². The quantitative estimate of drug-likeness (QED) is 0.817. The highest BCUT2D eigenvalue weighted by Crippen LogP contribution is 2.30. The van der Waals surface area contributed by atoms with Crippen LogP contribution in [-0.4, -0.2) is 33.8 Å². The van der Waals surface area contributed by atoms with Crippen LogP contribution in [0, 0.1) is 0 Å². The molecular weight excluding hydrogens is 342 g/mol. The third-order valence-corrected chi connectivity index (χ3v) is 4.48. The van der Waals surface area contributed by atoms with E-state index in [0.717, 1.165) is 6.26 Å². The number of nitrogens with one attached hydrogen (secondary N) is 1. The Morgan fingerprint density at radius 2 is 1.64 bits per heavy atom. The molecule has 2 aromatic rings. The molecule has 6 nitrogen and oxygen atoms in total. The van der Waals surface area contributed by atoms with Gasteiger partial charge in [-0.15, -0.1) is 0 Å². The Balaban J connectivity index is 2.25. The number of benzene rings is 2. The van der Waals surface area contributed by atoms with Crippen molar-refractivity contribution in [1.29, 1.82) is 0 Å². The molecule has 7 heteroatoms. The summed E-state index contributed by atoms with van der Waals surface area (Å²) < 4.78 is 33.9. The summed E-state index contributed by atoms with van der Waals surface area (Å²) in [6.45, 7) is 4.69. The van der Waals surface area contributed by atoms with Gasteiger partial charge in [-0.25, -0.2) is 8.42 Å². The molecule has 0 saturated carbocycles. The van der Waals surface area contributed by atoms with Crippen LogP contribution in [0.15, 0.2) is 47.4 Å². The molecule has 0 bridgehead atoms. The van der Waals surface area contributed by atoms with Crippen molar-refractivity contribution in [2.75, 3.05) is 24.8 Å². The average molecular weight is 363 g/mol. The van der Waals surface area contributed by atoms with Crippen molar-refractivity contribution in [3.8, 4) is 11.5 Å². The van der Waals surface area contributed by atoms with Crippen molar-refractivity contribution < 1.29 is 22.7 Å². The Morgan fingerprint density at radius 3 is 2.20 bits per heavy atom. The SMILES string of the molecule is CCOc1ccc(OCC)c(NC(=O)c2ccc(S(C)(=O)=O)cc2)c1. The van der Waals surface area contributed by atoms with E-state index in [-0.39, 0.29) is 10.8 Å². The molecule has 0 heterocycles. The first kappa shape index (κ1) is 18.8. The summed E-state index contributed by atoms with van der Waals surface area (Å²) in [6, 6.07) is 10.9. The van der Waals surface area contributed by atoms with Crippen molar-refractivity contribution >= 4 is 21.4 Å². The molecule has 0 saturated heterocycles. The van der Waals surface area contributed by atoms with Crippen molar-refractivity contribution in [1.82, 2.24) is 0 Å². The van der Waals surface area contributed by atoms with Gasteiger partial charge in [0.2, 0.25) is 0 Å². The molecule has 0 unspecified atom stereocenters. The van der Waals surface area contributed by atoms with Crippen LogP contribution in [0.3, 0.4) is 0 Å². The van der Waals surface area contributed by atoms with Crippen molar-refractivity contribution in [2.24, 2.45) is 0 Å². The topological polar surface area (TPSA) is 81.7 Å². The largest absolute Gasteiger partial charge is 0.494 e. The average Bonchev–Trinajstić information content (AvgIpc) is 2.57. The molecule has 0 spiro atoms. The first-order valence-electron chi connectivity index (χ1n) is 7.86. The summed E-state index contributed by atoms with van der Waals surface area (Å²) >= 11 is 0. The maximum absolute atomic E-state index is 12.4. The Hall–Kier alpha value is -2.54. The van der Waals surface area contributed by atoms with E-state index in [9.17, 15) is 13.2 Å². The second-order valence-corrected chi connectivity index (χ2v) is 7.29. The Bertz CT molecular complexity index is 844. The normalized spacial score (nSPS) is 11.0. The van der Waals surface area contributed by atoms with E-state index < -0.39 is 9.84 Å². The number of sulfone groups is 1. The summed E-state index contributed by atoms with van der Waals surface area (Å²) in [5.74, 6) is 0.787. The van der Waals surface area contributed by atoms with Gasteiger partial charge in [-0.1, -0.05) is 0 Å². The molecule has 0 aliphatic carbocycles. The minimum atomic E-state index is -3.30. The van der Waals surface area contributed by atoms with Crippen LogP contribution in [0.4, 0.5) is 5.69 Å². The van der Waals surface area contributed by atoms with Gasteiger partial charge in [-0.2, -0.15) is 0 Å². The van der Waals surface area contributed by atoms with Gasteiger partial charge in [0.15, 0.2) is 9.84 Å². The van der Waals surface area contributed by atoms with Crippen LogP contribution in [0.2, 0.25) is 0 Å². The fourth-order valence-electron chi connectivity index (χ4n) is 2.19. The van der Waals surface area contributed by atoms with E-state index in [1.54, 1.807) is 18.2 Å². The third-order valence-electron chi connectivity index (χ3n) is 3.35. The lowest BCUT2D eigenvalue weighted by atomic mass is 10.2. The zero-order chi connectivity index (χ0) is 18.4. The molecule has 0 aliphatic rings. The number of anilines is 1. The summed E-state index contributed by atoms with van der Waals surface area (Å²) in [5.41, 5.74) is 0.835. The van der Waals surface area contributed by atoms with Gasteiger partial charge in [0.25, 0.3) is 5.91 Å². The minimum absolute atomic E-state index is 0.164. The zero-order valence-electron chi connectivity index (χ0n) is 14.4. The van der Waals surface area contributed by atoms with Crippen LogP contribution in [0.1, 0.15) is 24.2 Å². The van der Waals surface area contributed by atoms with Crippen molar-refractivity contribution in [3.05, 3.63) is 48.0 Å². The highest BCUT2D eigenvalue weighted by molar-refractivity contribution is 7.90. The molecule has 0 radical (unpaired) electrons. The van der Waals surface area contributed by atoms with Gasteiger partial charge in [-0.05, 0) is 50.2 Å². The number of hydrogen-bond acceptors (Lipinski definition) is 5. The summed E-state index contributed by atoms with van der Waals surface area (Å²) in [6.07, 6.45) is 1.12. The molecule has 2 aromatic carbocycles. The summed E-state index contributed by atoms with van der Waals surface area (Å²) in [5, 5.41) is 2.78. The lowest BCUT2D eigenvalue weighted by molar-refractivity contribution is 0.102. The lowest BCUT2D eigenvalue weighted by Crippen LogP contribution is -2.13. The van der Waals surface area contributed by atoms with Crippen LogP contribution in [0.25, 0.3) is 0 Å². The smallest absolute Gasteiger partial charge is 0.255 e. The predicted octanol–water partition coefficient (Wildman–Crippen LogP) is 3.14. The monoisotopic (exact) mass is 363 g/mol. The second-order valence-electron chi connectivity index (χ2n) is 5.27. The number of rotatable bonds is 7. The molecule has 134 valence electrons. The van der Waals surface area contributed by atoms with E-state index in [1.165, 1.54) is 24.3 Å². The molecule has 1 N–H and O–H groups in total. The summed E-state index contributed by atoms with van der Waals surface area (Å²) in [7, 11) is -3.30. The Kier molecular flexibility index (Phi) is 6.03. The second kappa shape index (κ2) is 8.02.